The van der Waals surface area contributed by atoms with Crippen molar-refractivity contribution in [3.63, 3.8) is 0 Å². The van der Waals surface area contributed by atoms with Gasteiger partial charge in [0.15, 0.2) is 0 Å². The van der Waals surface area contributed by atoms with Gasteiger partial charge >= 0.3 is 12.0 Å². The Balaban J connectivity index is 2.12. The minimum atomic E-state index is -1.19. The number of nitrogens with one attached hydrogen (secondary N) is 1. The van der Waals surface area contributed by atoms with Crippen molar-refractivity contribution in [3.8, 4) is 0 Å². The zero-order valence-corrected chi connectivity index (χ0v) is 14.5. The summed E-state index contributed by atoms with van der Waals surface area (Å²) in [5.41, 5.74) is 1.21. The number of benzene rings is 2. The van der Waals surface area contributed by atoms with Crippen molar-refractivity contribution in [3.05, 3.63) is 87.1 Å². The van der Waals surface area contributed by atoms with Crippen LogP contribution in [0.2, 0.25) is 0 Å². The summed E-state index contributed by atoms with van der Waals surface area (Å²) in [5, 5.41) is 23.4. The molecular weight excluding hydrogens is 350 g/mol. The summed E-state index contributed by atoms with van der Waals surface area (Å²) in [4.78, 5) is 36.5. The number of carbonyl (C=O) groups excluding carboxylic acids is 1. The van der Waals surface area contributed by atoms with Crippen LogP contribution < -0.4 is 5.32 Å². The van der Waals surface area contributed by atoms with Gasteiger partial charge in [0.25, 0.3) is 5.69 Å². The number of hydrogen-bond donors (Lipinski definition) is 2. The van der Waals surface area contributed by atoms with Crippen LogP contribution in [-0.4, -0.2) is 26.9 Å². The normalized spacial score (nSPS) is 16.9. The quantitative estimate of drug-likeness (QED) is 0.622. The van der Waals surface area contributed by atoms with Crippen LogP contribution in [0, 0.1) is 10.1 Å². The molecule has 0 fully saturated rings. The highest BCUT2D eigenvalue weighted by Gasteiger charge is 2.38. The fourth-order valence-electron chi connectivity index (χ4n) is 3.15. The van der Waals surface area contributed by atoms with Crippen molar-refractivity contribution in [2.24, 2.45) is 0 Å². The van der Waals surface area contributed by atoms with Gasteiger partial charge in [0.1, 0.15) is 0 Å². The Hall–Kier alpha value is -3.68. The zero-order valence-electron chi connectivity index (χ0n) is 14.5. The lowest BCUT2D eigenvalue weighted by Crippen LogP contribution is -2.47. The third kappa shape index (κ3) is 3.64. The van der Waals surface area contributed by atoms with Crippen LogP contribution >= 0.6 is 0 Å². The number of non-ortho nitro benzene ring substituents is 1. The van der Waals surface area contributed by atoms with Crippen molar-refractivity contribution in [1.29, 1.82) is 0 Å². The molecule has 138 valence electrons. The molecule has 1 heterocycles. The highest BCUT2D eigenvalue weighted by atomic mass is 16.6. The first-order valence-corrected chi connectivity index (χ1v) is 8.18. The first-order valence-electron chi connectivity index (χ1n) is 8.18. The van der Waals surface area contributed by atoms with E-state index in [0.717, 1.165) is 5.56 Å². The van der Waals surface area contributed by atoms with Gasteiger partial charge in [-0.25, -0.2) is 9.59 Å². The average Bonchev–Trinajstić information content (AvgIpc) is 2.64. The van der Waals surface area contributed by atoms with Gasteiger partial charge in [-0.3, -0.25) is 10.1 Å². The molecule has 0 radical (unpaired) electrons. The van der Waals surface area contributed by atoms with Gasteiger partial charge in [0, 0.05) is 24.4 Å². The van der Waals surface area contributed by atoms with Crippen molar-refractivity contribution < 1.29 is 19.6 Å². The molecule has 2 aromatic rings. The molecular formula is C19H17N3O5. The van der Waals surface area contributed by atoms with Crippen LogP contribution in [0.5, 0.6) is 0 Å². The van der Waals surface area contributed by atoms with Gasteiger partial charge in [0.2, 0.25) is 0 Å². The minimum Gasteiger partial charge on any atom is -0.478 e. The van der Waals surface area contributed by atoms with E-state index in [1.54, 1.807) is 6.07 Å². The number of nitro groups is 1. The predicted octanol–water partition coefficient (Wildman–Crippen LogP) is 3.22. The second-order valence-electron chi connectivity index (χ2n) is 6.14. The standard InChI is InChI=1S/C19H17N3O5/c1-12-16(18(23)24)17(14-8-5-9-15(10-14)22(26)27)21(19(25)20-12)11-13-6-3-2-4-7-13/h2-10,17H,11H2,1H3,(H,20,25)(H,23,24). The summed E-state index contributed by atoms with van der Waals surface area (Å²) in [6.07, 6.45) is 0. The molecule has 0 bridgehead atoms. The third-order valence-electron chi connectivity index (χ3n) is 4.37. The highest BCUT2D eigenvalue weighted by Crippen LogP contribution is 2.36. The van der Waals surface area contributed by atoms with Crippen LogP contribution in [0.25, 0.3) is 0 Å². The molecule has 0 saturated carbocycles. The average molecular weight is 367 g/mol. The van der Waals surface area contributed by atoms with Crippen LogP contribution in [-0.2, 0) is 11.3 Å². The van der Waals surface area contributed by atoms with Gasteiger partial charge in [-0.15, -0.1) is 0 Å². The van der Waals surface area contributed by atoms with E-state index in [4.69, 9.17) is 0 Å². The molecule has 0 aromatic heterocycles. The molecule has 1 aliphatic heterocycles. The SMILES string of the molecule is CC1=C(C(=O)O)C(c2cccc([N+](=O)[O-])c2)N(Cc2ccccc2)C(=O)N1. The number of rotatable bonds is 5. The molecule has 1 aliphatic rings. The number of hydrogen-bond acceptors (Lipinski definition) is 4. The minimum absolute atomic E-state index is 0.0222. The van der Waals surface area contributed by atoms with Gasteiger partial charge < -0.3 is 15.3 Å². The molecule has 8 heteroatoms. The molecule has 0 saturated heterocycles. The Morgan fingerprint density at radius 2 is 1.93 bits per heavy atom. The van der Waals surface area contributed by atoms with Crippen LogP contribution in [0.15, 0.2) is 65.9 Å². The lowest BCUT2D eigenvalue weighted by Gasteiger charge is -2.37. The van der Waals surface area contributed by atoms with E-state index in [0.29, 0.717) is 5.56 Å². The molecule has 0 spiro atoms. The fourth-order valence-corrected chi connectivity index (χ4v) is 3.15. The van der Waals surface area contributed by atoms with E-state index in [-0.39, 0.29) is 23.5 Å². The van der Waals surface area contributed by atoms with Crippen molar-refractivity contribution >= 4 is 17.7 Å². The molecule has 2 amide bonds. The maximum atomic E-state index is 12.6. The Kier molecular flexibility index (Phi) is 4.89. The Bertz CT molecular complexity index is 939. The van der Waals surface area contributed by atoms with E-state index < -0.39 is 23.0 Å². The second-order valence-corrected chi connectivity index (χ2v) is 6.14. The summed E-state index contributed by atoms with van der Waals surface area (Å²) >= 11 is 0. The fraction of sp³-hybridized carbons (Fsp3) is 0.158. The number of nitrogens with zero attached hydrogens (tertiary/aromatic N) is 2. The van der Waals surface area contributed by atoms with E-state index in [9.17, 15) is 24.8 Å². The number of urea groups is 1. The van der Waals surface area contributed by atoms with Gasteiger partial charge in [0.05, 0.1) is 16.5 Å². The molecule has 1 unspecified atom stereocenters. The molecule has 3 rings (SSSR count). The zero-order chi connectivity index (χ0) is 19.6. The number of carboxylic acid groups (broad SMARTS) is 1. The monoisotopic (exact) mass is 367 g/mol. The van der Waals surface area contributed by atoms with Crippen molar-refractivity contribution in [1.82, 2.24) is 10.2 Å². The predicted molar refractivity (Wildman–Crippen MR) is 96.7 cm³/mol. The van der Waals surface area contributed by atoms with Crippen LogP contribution in [0.1, 0.15) is 24.1 Å². The molecule has 1 atom stereocenters. The Morgan fingerprint density at radius 3 is 2.56 bits per heavy atom. The lowest BCUT2D eigenvalue weighted by atomic mass is 9.93. The number of carbonyl (C=O) groups is 2. The Labute approximate surface area is 154 Å². The summed E-state index contributed by atoms with van der Waals surface area (Å²) in [6, 6.07) is 13.4. The molecule has 0 aliphatic carbocycles. The first kappa shape index (κ1) is 18.1. The summed E-state index contributed by atoms with van der Waals surface area (Å²) in [6.45, 7) is 1.66. The second kappa shape index (κ2) is 7.28. The number of nitro benzene ring substituents is 1. The van der Waals surface area contributed by atoms with Crippen molar-refractivity contribution in [2.45, 2.75) is 19.5 Å². The number of aliphatic carboxylic acids is 1. The molecule has 8 nitrogen and oxygen atoms in total. The lowest BCUT2D eigenvalue weighted by molar-refractivity contribution is -0.384. The smallest absolute Gasteiger partial charge is 0.335 e. The maximum absolute atomic E-state index is 12.6. The summed E-state index contributed by atoms with van der Waals surface area (Å²) in [7, 11) is 0. The number of allylic oxidation sites excluding steroid dienone is 1. The number of carboxylic acids is 1. The summed E-state index contributed by atoms with van der Waals surface area (Å²) < 4.78 is 0. The van der Waals surface area contributed by atoms with E-state index in [1.165, 1.54) is 30.0 Å². The Morgan fingerprint density at radius 1 is 1.22 bits per heavy atom. The number of amides is 2. The third-order valence-corrected chi connectivity index (χ3v) is 4.37. The van der Waals surface area contributed by atoms with Gasteiger partial charge in [-0.05, 0) is 18.1 Å². The van der Waals surface area contributed by atoms with Crippen molar-refractivity contribution in [2.75, 3.05) is 0 Å². The van der Waals surface area contributed by atoms with E-state index in [2.05, 4.69) is 5.32 Å². The topological polar surface area (TPSA) is 113 Å². The largest absolute Gasteiger partial charge is 0.478 e. The first-order chi connectivity index (χ1) is 12.9. The molecule has 27 heavy (non-hydrogen) atoms. The molecule has 2 aromatic carbocycles. The van der Waals surface area contributed by atoms with Crippen LogP contribution in [0.3, 0.4) is 0 Å². The van der Waals surface area contributed by atoms with Gasteiger partial charge in [-0.1, -0.05) is 42.5 Å². The molecule has 2 N–H and O–H groups in total. The van der Waals surface area contributed by atoms with E-state index >= 15 is 0 Å². The summed E-state index contributed by atoms with van der Waals surface area (Å²) in [5.74, 6) is -1.19. The highest BCUT2D eigenvalue weighted by molar-refractivity contribution is 5.93. The van der Waals surface area contributed by atoms with Gasteiger partial charge in [-0.2, -0.15) is 0 Å². The van der Waals surface area contributed by atoms with Crippen LogP contribution in [0.4, 0.5) is 10.5 Å². The van der Waals surface area contributed by atoms with E-state index in [1.807, 2.05) is 30.3 Å². The maximum Gasteiger partial charge on any atom is 0.335 e.